The van der Waals surface area contributed by atoms with Gasteiger partial charge < -0.3 is 9.88 Å². The third kappa shape index (κ3) is 3.64. The first kappa shape index (κ1) is 19.2. The van der Waals surface area contributed by atoms with E-state index >= 15 is 0 Å². The fourth-order valence-electron chi connectivity index (χ4n) is 4.34. The van der Waals surface area contributed by atoms with Crippen molar-refractivity contribution in [3.8, 4) is 11.8 Å². The molecule has 0 spiro atoms. The average molecular weight is 386 g/mol. The summed E-state index contributed by atoms with van der Waals surface area (Å²) in [7, 11) is 1.89. The van der Waals surface area contributed by atoms with Gasteiger partial charge in [-0.3, -0.25) is 9.69 Å². The Morgan fingerprint density at radius 1 is 1.10 bits per heavy atom. The molecule has 2 heterocycles. The fourth-order valence-corrected chi connectivity index (χ4v) is 4.34. The van der Waals surface area contributed by atoms with Crippen molar-refractivity contribution < 1.29 is 4.79 Å². The van der Waals surface area contributed by atoms with Crippen molar-refractivity contribution in [2.75, 3.05) is 32.0 Å². The number of fused-ring (bicyclic) bond motifs is 1. The van der Waals surface area contributed by atoms with Gasteiger partial charge in [-0.25, -0.2) is 0 Å². The molecule has 3 aromatic rings. The smallest absolute Gasteiger partial charge is 0.179 e. The highest BCUT2D eigenvalue weighted by Crippen LogP contribution is 2.32. The highest BCUT2D eigenvalue weighted by atomic mass is 16.1. The van der Waals surface area contributed by atoms with Gasteiger partial charge in [-0.15, -0.1) is 0 Å². The lowest BCUT2D eigenvalue weighted by atomic mass is 10.0. The molecule has 4 rings (SSSR count). The molecule has 2 aromatic carbocycles. The van der Waals surface area contributed by atoms with E-state index in [1.54, 1.807) is 0 Å². The summed E-state index contributed by atoms with van der Waals surface area (Å²) in [4.78, 5) is 15.6. The van der Waals surface area contributed by atoms with Crippen molar-refractivity contribution in [1.82, 2.24) is 9.47 Å². The maximum absolute atomic E-state index is 13.4. The topological polar surface area (TPSA) is 61.1 Å². The van der Waals surface area contributed by atoms with Gasteiger partial charge in [0.2, 0.25) is 0 Å². The lowest BCUT2D eigenvalue weighted by Gasteiger charge is -2.25. The van der Waals surface area contributed by atoms with Crippen LogP contribution in [0.25, 0.3) is 16.6 Å². The third-order valence-electron chi connectivity index (χ3n) is 5.84. The van der Waals surface area contributed by atoms with Gasteiger partial charge in [0.15, 0.2) is 5.78 Å². The third-order valence-corrected chi connectivity index (χ3v) is 5.84. The summed E-state index contributed by atoms with van der Waals surface area (Å²) >= 11 is 0. The van der Waals surface area contributed by atoms with Crippen molar-refractivity contribution in [1.29, 1.82) is 5.26 Å². The highest BCUT2D eigenvalue weighted by molar-refractivity contribution is 6.11. The number of nitrogens with zero attached hydrogens (tertiary/aromatic N) is 3. The van der Waals surface area contributed by atoms with Crippen molar-refractivity contribution in [3.63, 3.8) is 0 Å². The molecule has 1 aromatic heterocycles. The van der Waals surface area contributed by atoms with Crippen molar-refractivity contribution in [2.24, 2.45) is 0 Å². The first-order chi connectivity index (χ1) is 14.1. The zero-order valence-corrected chi connectivity index (χ0v) is 17.0. The van der Waals surface area contributed by atoms with Gasteiger partial charge in [-0.05, 0) is 75.3 Å². The molecule has 0 saturated carbocycles. The molecule has 29 heavy (non-hydrogen) atoms. The Balaban J connectivity index is 1.83. The minimum Gasteiger partial charge on any atom is -0.388 e. The molecule has 1 fully saturated rings. The maximum Gasteiger partial charge on any atom is 0.179 e. The Morgan fingerprint density at radius 3 is 2.48 bits per heavy atom. The van der Waals surface area contributed by atoms with Crippen molar-refractivity contribution >= 4 is 22.4 Å². The van der Waals surface area contributed by atoms with E-state index in [-0.39, 0.29) is 5.78 Å². The molecular formula is C24H26N4O. The van der Waals surface area contributed by atoms with Crippen LogP contribution in [-0.4, -0.2) is 41.9 Å². The van der Waals surface area contributed by atoms with Gasteiger partial charge in [0, 0.05) is 35.1 Å². The number of carbonyl (C=O) groups excluding carboxylic acids is 1. The van der Waals surface area contributed by atoms with E-state index in [2.05, 4.69) is 33.0 Å². The number of hydrogen-bond acceptors (Lipinski definition) is 4. The lowest BCUT2D eigenvalue weighted by molar-refractivity contribution is 0.0916. The van der Waals surface area contributed by atoms with Crippen LogP contribution in [0.3, 0.4) is 0 Å². The predicted molar refractivity (Wildman–Crippen MR) is 117 cm³/mol. The number of carbonyl (C=O) groups is 1. The molecule has 5 nitrogen and oxygen atoms in total. The Kier molecular flexibility index (Phi) is 5.37. The molecule has 0 aliphatic carbocycles. The quantitative estimate of drug-likeness (QED) is 0.655. The number of likely N-dealkylation sites (tertiary alicyclic amines) is 1. The number of rotatable bonds is 5. The first-order valence-electron chi connectivity index (χ1n) is 10.2. The normalized spacial score (nSPS) is 14.7. The highest BCUT2D eigenvalue weighted by Gasteiger charge is 2.23. The average Bonchev–Trinajstić information content (AvgIpc) is 3.05. The summed E-state index contributed by atoms with van der Waals surface area (Å²) in [5.74, 6) is 0.176. The van der Waals surface area contributed by atoms with Gasteiger partial charge >= 0.3 is 0 Å². The van der Waals surface area contributed by atoms with Crippen molar-refractivity contribution in [2.45, 2.75) is 26.2 Å². The van der Waals surface area contributed by atoms with E-state index in [1.807, 2.05) is 44.3 Å². The van der Waals surface area contributed by atoms with Gasteiger partial charge in [0.1, 0.15) is 0 Å². The minimum absolute atomic E-state index is 0.176. The number of anilines is 1. The molecule has 0 atom stereocenters. The second kappa shape index (κ2) is 8.10. The van der Waals surface area contributed by atoms with E-state index in [4.69, 9.17) is 5.26 Å². The zero-order chi connectivity index (χ0) is 20.4. The molecule has 0 unspecified atom stereocenters. The van der Waals surface area contributed by atoms with Crippen LogP contribution in [0.5, 0.6) is 0 Å². The lowest BCUT2D eigenvalue weighted by Crippen LogP contribution is -2.34. The van der Waals surface area contributed by atoms with Crippen LogP contribution in [0, 0.1) is 18.3 Å². The number of hydrogen-bond donors (Lipinski definition) is 1. The van der Waals surface area contributed by atoms with Gasteiger partial charge in [-0.2, -0.15) is 5.26 Å². The van der Waals surface area contributed by atoms with Crippen LogP contribution in [0.2, 0.25) is 0 Å². The molecule has 0 bridgehead atoms. The number of piperidine rings is 1. The molecule has 1 aliphatic heterocycles. The Hall–Kier alpha value is -3.10. The van der Waals surface area contributed by atoms with Gasteiger partial charge in [-0.1, -0.05) is 6.42 Å². The molecule has 0 radical (unpaired) electrons. The molecule has 148 valence electrons. The van der Waals surface area contributed by atoms with Gasteiger partial charge in [0.05, 0.1) is 23.7 Å². The fraction of sp³-hybridized carbons (Fsp3) is 0.333. The van der Waals surface area contributed by atoms with Crippen LogP contribution < -0.4 is 5.32 Å². The Bertz CT molecular complexity index is 1080. The summed E-state index contributed by atoms with van der Waals surface area (Å²) < 4.78 is 2.12. The summed E-state index contributed by atoms with van der Waals surface area (Å²) in [6, 6.07) is 15.8. The zero-order valence-electron chi connectivity index (χ0n) is 17.0. The van der Waals surface area contributed by atoms with E-state index in [0.29, 0.717) is 12.1 Å². The monoisotopic (exact) mass is 386 g/mol. The van der Waals surface area contributed by atoms with E-state index in [9.17, 15) is 4.79 Å². The molecule has 1 N–H and O–H groups in total. The van der Waals surface area contributed by atoms with E-state index < -0.39 is 0 Å². The number of benzene rings is 2. The number of nitriles is 1. The number of Topliss-reactive ketones (excluding diaryl/α,β-unsaturated/α-hetero) is 1. The molecule has 1 aliphatic rings. The molecular weight excluding hydrogens is 360 g/mol. The maximum atomic E-state index is 13.4. The first-order valence-corrected chi connectivity index (χ1v) is 10.2. The summed E-state index contributed by atoms with van der Waals surface area (Å²) in [6.07, 6.45) is 3.60. The molecule has 5 heteroatoms. The van der Waals surface area contributed by atoms with Crippen LogP contribution in [-0.2, 0) is 0 Å². The Labute approximate surface area is 171 Å². The van der Waals surface area contributed by atoms with E-state index in [0.717, 1.165) is 46.6 Å². The Morgan fingerprint density at radius 2 is 1.83 bits per heavy atom. The minimum atomic E-state index is 0.176. The van der Waals surface area contributed by atoms with E-state index in [1.165, 1.54) is 19.3 Å². The standard InChI is InChI=1S/C24H26N4O/c1-17-24(23(29)16-27-12-4-3-5-13-27)21-14-19(26-2)8-11-22(21)28(17)20-9-6-18(15-25)7-10-20/h6-11,14,26H,3-5,12-13,16H2,1-2H3. The van der Waals surface area contributed by atoms with Gasteiger partial charge in [0.25, 0.3) is 0 Å². The summed E-state index contributed by atoms with van der Waals surface area (Å²) in [6.45, 7) is 4.49. The second-order valence-corrected chi connectivity index (χ2v) is 7.70. The summed E-state index contributed by atoms with van der Waals surface area (Å²) in [5, 5.41) is 13.3. The van der Waals surface area contributed by atoms with Crippen LogP contribution in [0.1, 0.15) is 40.9 Å². The predicted octanol–water partition coefficient (Wildman–Crippen LogP) is 4.52. The van der Waals surface area contributed by atoms with Crippen LogP contribution >= 0.6 is 0 Å². The SMILES string of the molecule is CNc1ccc2c(c1)c(C(=O)CN1CCCCC1)c(C)n2-c1ccc(C#N)cc1. The number of nitrogens with one attached hydrogen (secondary N) is 1. The molecule has 1 saturated heterocycles. The second-order valence-electron chi connectivity index (χ2n) is 7.70. The van der Waals surface area contributed by atoms with Crippen molar-refractivity contribution in [3.05, 3.63) is 59.3 Å². The number of ketones is 1. The van der Waals surface area contributed by atoms with Crippen LogP contribution in [0.15, 0.2) is 42.5 Å². The number of aromatic nitrogens is 1. The molecule has 0 amide bonds. The largest absolute Gasteiger partial charge is 0.388 e. The van der Waals surface area contributed by atoms with Crippen LogP contribution in [0.4, 0.5) is 5.69 Å². The summed E-state index contributed by atoms with van der Waals surface area (Å²) in [5.41, 5.74) is 5.32.